The van der Waals surface area contributed by atoms with Crippen LogP contribution in [0.2, 0.25) is 0 Å². The lowest BCUT2D eigenvalue weighted by Crippen LogP contribution is -2.34. The summed E-state index contributed by atoms with van der Waals surface area (Å²) in [5.74, 6) is 1.74. The molecule has 158 valence electrons. The Bertz CT molecular complexity index is 826. The molecule has 6 nitrogen and oxygen atoms in total. The third-order valence-electron chi connectivity index (χ3n) is 4.50. The maximum Gasteiger partial charge on any atom is 0.251 e. The van der Waals surface area contributed by atoms with E-state index in [1.165, 1.54) is 0 Å². The molecule has 7 heteroatoms. The normalized spacial score (nSPS) is 11.8. The number of halogens is 1. The van der Waals surface area contributed by atoms with Crippen LogP contribution in [-0.4, -0.2) is 52.3 Å². The molecule has 2 rings (SSSR count). The van der Waals surface area contributed by atoms with E-state index in [1.54, 1.807) is 26.4 Å². The minimum atomic E-state index is -0.180. The van der Waals surface area contributed by atoms with Crippen LogP contribution in [0.15, 0.2) is 40.9 Å². The molecule has 0 fully saturated rings. The number of hydrogen-bond acceptors (Lipinski definition) is 5. The van der Waals surface area contributed by atoms with E-state index in [4.69, 9.17) is 14.2 Å². The first-order chi connectivity index (χ1) is 13.9. The van der Waals surface area contributed by atoms with Gasteiger partial charge in [0, 0.05) is 12.1 Å². The predicted molar refractivity (Wildman–Crippen MR) is 118 cm³/mol. The number of likely N-dealkylation sites (N-methyl/N-ethyl adjacent to an activating group) is 1. The molecule has 2 aromatic rings. The Kier molecular flexibility index (Phi) is 8.79. The summed E-state index contributed by atoms with van der Waals surface area (Å²) in [6.07, 6.45) is 0.883. The fourth-order valence-corrected chi connectivity index (χ4v) is 3.49. The molecule has 0 bridgehead atoms. The van der Waals surface area contributed by atoms with Gasteiger partial charge in [-0.2, -0.15) is 0 Å². The molecule has 0 spiro atoms. The van der Waals surface area contributed by atoms with Crippen molar-refractivity contribution in [3.8, 4) is 17.2 Å². The van der Waals surface area contributed by atoms with E-state index in [2.05, 4.69) is 26.1 Å². The number of carbonyl (C=O) groups excluding carboxylic acids is 1. The second-order valence-electron chi connectivity index (χ2n) is 6.80. The number of methoxy groups -OCH3 is 2. The second-order valence-corrected chi connectivity index (χ2v) is 7.66. The van der Waals surface area contributed by atoms with Gasteiger partial charge in [-0.1, -0.05) is 19.1 Å². The van der Waals surface area contributed by atoms with Crippen molar-refractivity contribution < 1.29 is 19.0 Å². The maximum absolute atomic E-state index is 12.8. The molecule has 0 aliphatic heterocycles. The first kappa shape index (κ1) is 23.0. The number of carbonyl (C=O) groups is 1. The van der Waals surface area contributed by atoms with Gasteiger partial charge in [-0.25, -0.2) is 0 Å². The highest BCUT2D eigenvalue weighted by Crippen LogP contribution is 2.36. The van der Waals surface area contributed by atoms with Gasteiger partial charge >= 0.3 is 0 Å². The number of amides is 1. The van der Waals surface area contributed by atoms with Gasteiger partial charge in [-0.15, -0.1) is 0 Å². The smallest absolute Gasteiger partial charge is 0.251 e. The molecule has 0 aromatic heterocycles. The predicted octanol–water partition coefficient (Wildman–Crippen LogP) is 4.29. The fourth-order valence-electron chi connectivity index (χ4n) is 2.93. The van der Waals surface area contributed by atoms with E-state index in [0.717, 1.165) is 17.7 Å². The Balaban J connectivity index is 2.16. The van der Waals surface area contributed by atoms with E-state index in [0.29, 0.717) is 34.7 Å². The molecule has 0 aliphatic rings. The fraction of sp³-hybridized carbons (Fsp3) is 0.409. The standard InChI is InChI=1S/C22H29BrN2O4/c1-6-10-29-21-18(23)12-16(13-20(21)28-5)22(26)24-14-19(25(2)3)15-8-7-9-17(11-15)27-4/h7-9,11-13,19H,6,10,14H2,1-5H3,(H,24,26). The molecule has 29 heavy (non-hydrogen) atoms. The minimum absolute atomic E-state index is 0.00606. The van der Waals surface area contributed by atoms with Crippen LogP contribution in [0.3, 0.4) is 0 Å². The average Bonchev–Trinajstić information content (AvgIpc) is 2.72. The van der Waals surface area contributed by atoms with Crippen LogP contribution in [0.1, 0.15) is 35.3 Å². The van der Waals surface area contributed by atoms with Gasteiger partial charge in [0.15, 0.2) is 11.5 Å². The van der Waals surface area contributed by atoms with E-state index < -0.39 is 0 Å². The van der Waals surface area contributed by atoms with Crippen molar-refractivity contribution in [3.63, 3.8) is 0 Å². The molecule has 1 N–H and O–H groups in total. The summed E-state index contributed by atoms with van der Waals surface area (Å²) in [5, 5.41) is 3.02. The molecule has 1 atom stereocenters. The van der Waals surface area contributed by atoms with Crippen molar-refractivity contribution in [1.82, 2.24) is 10.2 Å². The molecule has 0 saturated carbocycles. The highest BCUT2D eigenvalue weighted by atomic mass is 79.9. The summed E-state index contributed by atoms with van der Waals surface area (Å²) >= 11 is 3.49. The van der Waals surface area contributed by atoms with Gasteiger partial charge < -0.3 is 24.4 Å². The number of hydrogen-bond donors (Lipinski definition) is 1. The highest BCUT2D eigenvalue weighted by molar-refractivity contribution is 9.10. The zero-order valence-corrected chi connectivity index (χ0v) is 19.2. The Labute approximate surface area is 181 Å². The zero-order valence-electron chi connectivity index (χ0n) is 17.6. The first-order valence-electron chi connectivity index (χ1n) is 9.50. The molecule has 0 radical (unpaired) electrons. The molecule has 0 heterocycles. The first-order valence-corrected chi connectivity index (χ1v) is 10.3. The lowest BCUT2D eigenvalue weighted by molar-refractivity contribution is 0.0941. The van der Waals surface area contributed by atoms with Crippen molar-refractivity contribution in [2.75, 3.05) is 41.5 Å². The van der Waals surface area contributed by atoms with Gasteiger partial charge in [0.05, 0.1) is 31.3 Å². The van der Waals surface area contributed by atoms with Gasteiger partial charge in [0.1, 0.15) is 5.75 Å². The lowest BCUT2D eigenvalue weighted by atomic mass is 10.1. The number of nitrogens with one attached hydrogen (secondary N) is 1. The molecular formula is C22H29BrN2O4. The van der Waals surface area contributed by atoms with Gasteiger partial charge in [0.2, 0.25) is 0 Å². The summed E-state index contributed by atoms with van der Waals surface area (Å²) in [5.41, 5.74) is 1.57. The summed E-state index contributed by atoms with van der Waals surface area (Å²) < 4.78 is 17.2. The van der Waals surface area contributed by atoms with Crippen molar-refractivity contribution >= 4 is 21.8 Å². The third-order valence-corrected chi connectivity index (χ3v) is 5.09. The van der Waals surface area contributed by atoms with Gasteiger partial charge in [-0.3, -0.25) is 4.79 Å². The quantitative estimate of drug-likeness (QED) is 0.568. The highest BCUT2D eigenvalue weighted by Gasteiger charge is 2.19. The summed E-state index contributed by atoms with van der Waals surface area (Å²) in [6, 6.07) is 11.3. The van der Waals surface area contributed by atoms with E-state index in [1.807, 2.05) is 45.3 Å². The van der Waals surface area contributed by atoms with Crippen molar-refractivity contribution in [2.24, 2.45) is 0 Å². The third kappa shape index (κ3) is 6.11. The molecular weight excluding hydrogens is 436 g/mol. The maximum atomic E-state index is 12.8. The average molecular weight is 465 g/mol. The molecule has 1 amide bonds. The van der Waals surface area contributed by atoms with Crippen LogP contribution in [0, 0.1) is 0 Å². The zero-order chi connectivity index (χ0) is 21.4. The van der Waals surface area contributed by atoms with Gasteiger partial charge in [0.25, 0.3) is 5.91 Å². The summed E-state index contributed by atoms with van der Waals surface area (Å²) in [4.78, 5) is 14.9. The molecule has 2 aromatic carbocycles. The SMILES string of the molecule is CCCOc1c(Br)cc(C(=O)NCC(c2cccc(OC)c2)N(C)C)cc1OC. The molecule has 0 saturated heterocycles. The van der Waals surface area contributed by atoms with Crippen LogP contribution in [-0.2, 0) is 0 Å². The van der Waals surface area contributed by atoms with Crippen molar-refractivity contribution in [2.45, 2.75) is 19.4 Å². The van der Waals surface area contributed by atoms with Crippen LogP contribution in [0.5, 0.6) is 17.2 Å². The van der Waals surface area contributed by atoms with E-state index in [9.17, 15) is 4.79 Å². The Morgan fingerprint density at radius 1 is 1.17 bits per heavy atom. The van der Waals surface area contributed by atoms with E-state index >= 15 is 0 Å². The van der Waals surface area contributed by atoms with Crippen LogP contribution < -0.4 is 19.5 Å². The van der Waals surface area contributed by atoms with Gasteiger partial charge in [-0.05, 0) is 66.3 Å². The number of ether oxygens (including phenoxy) is 3. The Morgan fingerprint density at radius 3 is 2.55 bits per heavy atom. The Morgan fingerprint density at radius 2 is 1.93 bits per heavy atom. The van der Waals surface area contributed by atoms with Crippen molar-refractivity contribution in [3.05, 3.63) is 52.0 Å². The lowest BCUT2D eigenvalue weighted by Gasteiger charge is -2.25. The molecule has 1 unspecified atom stereocenters. The minimum Gasteiger partial charge on any atom is -0.497 e. The topological polar surface area (TPSA) is 60.0 Å². The van der Waals surface area contributed by atoms with Crippen LogP contribution in [0.4, 0.5) is 0 Å². The van der Waals surface area contributed by atoms with Crippen molar-refractivity contribution in [1.29, 1.82) is 0 Å². The van der Waals surface area contributed by atoms with E-state index in [-0.39, 0.29) is 11.9 Å². The number of rotatable bonds is 10. The number of benzene rings is 2. The Hall–Kier alpha value is -2.25. The van der Waals surface area contributed by atoms with Crippen LogP contribution >= 0.6 is 15.9 Å². The number of nitrogens with zero attached hydrogens (tertiary/aromatic N) is 1. The summed E-state index contributed by atoms with van der Waals surface area (Å²) in [6.45, 7) is 3.06. The second kappa shape index (κ2) is 11.1. The van der Waals surface area contributed by atoms with Crippen LogP contribution in [0.25, 0.3) is 0 Å². The summed E-state index contributed by atoms with van der Waals surface area (Å²) in [7, 11) is 7.17. The largest absolute Gasteiger partial charge is 0.497 e. The monoisotopic (exact) mass is 464 g/mol. The molecule has 0 aliphatic carbocycles.